The molecule has 73 heavy (non-hydrogen) atoms. The number of carboxylic acids is 1. The maximum atomic E-state index is 13.7. The van der Waals surface area contributed by atoms with Gasteiger partial charge in [-0.15, -0.1) is 0 Å². The summed E-state index contributed by atoms with van der Waals surface area (Å²) in [7, 11) is -4.03. The zero-order chi connectivity index (χ0) is 50.2. The van der Waals surface area contributed by atoms with Crippen molar-refractivity contribution >= 4 is 68.5 Å². The second kappa shape index (κ2) is 24.0. The van der Waals surface area contributed by atoms with Crippen molar-refractivity contribution in [3.05, 3.63) is 230 Å². The fourth-order valence-corrected chi connectivity index (χ4v) is 9.81. The molecule has 4 heterocycles. The first-order valence-corrected chi connectivity index (χ1v) is 24.4. The summed E-state index contributed by atoms with van der Waals surface area (Å²) < 4.78 is 27.1. The predicted octanol–water partition coefficient (Wildman–Crippen LogP) is 9.32. The normalized spacial score (nSPS) is 15.2. The molecule has 17 heteroatoms. The van der Waals surface area contributed by atoms with Crippen molar-refractivity contribution in [1.82, 2.24) is 24.5 Å². The predicted molar refractivity (Wildman–Crippen MR) is 278 cm³/mol. The van der Waals surface area contributed by atoms with Gasteiger partial charge in [0.2, 0.25) is 0 Å². The number of halogens is 2. The molecule has 3 amide bonds. The Morgan fingerprint density at radius 1 is 0.575 bits per heavy atom. The second-order valence-corrected chi connectivity index (χ2v) is 19.4. The monoisotopic (exact) mass is 1040 g/mol. The van der Waals surface area contributed by atoms with Gasteiger partial charge in [-0.25, -0.2) is 17.9 Å². The van der Waals surface area contributed by atoms with E-state index in [1.807, 2.05) is 12.1 Å². The van der Waals surface area contributed by atoms with Crippen LogP contribution in [-0.4, -0.2) is 80.6 Å². The molecule has 0 bridgehead atoms. The number of hydrogen-bond donors (Lipinski definition) is 2. The number of Topliss-reactive ketones (excluding diaryl/α,β-unsaturated/α-hetero) is 2. The summed E-state index contributed by atoms with van der Waals surface area (Å²) in [6.45, 7) is 0.277. The highest BCUT2D eigenvalue weighted by atomic mass is 35.5. The number of carboxylic acid groups (broad SMARTS) is 1. The fourth-order valence-electron chi connectivity index (χ4n) is 8.43. The molecule has 5 aromatic carbocycles. The first kappa shape index (κ1) is 54.5. The Kier molecular flexibility index (Phi) is 17.9. The summed E-state index contributed by atoms with van der Waals surface area (Å²) in [5.41, 5.74) is 5.41. The zero-order valence-corrected chi connectivity index (χ0v) is 40.0. The average molecular weight is 1040 g/mol. The molecule has 374 valence electrons. The van der Waals surface area contributed by atoms with Crippen LogP contribution in [-0.2, 0) is 58.4 Å². The number of sulfonamides is 1. The minimum atomic E-state index is -4.03. The third kappa shape index (κ3) is 13.2. The Morgan fingerprint density at radius 2 is 1.01 bits per heavy atom. The molecule has 2 aliphatic heterocycles. The van der Waals surface area contributed by atoms with Crippen molar-refractivity contribution in [2.45, 2.75) is 70.6 Å². The highest BCUT2D eigenvalue weighted by Gasteiger charge is 2.37. The molecule has 7 aromatic rings. The van der Waals surface area contributed by atoms with E-state index in [4.69, 9.17) is 28.3 Å². The number of carbonyl (C=O) groups excluding carboxylic acids is 5. The average Bonchev–Trinajstić information content (AvgIpc) is 3.51. The number of aromatic nitrogens is 2. The SMILES string of the molecule is C.C.O=C(NS(=O)(=O)c1ccccc1)c1ccc(CN2C(=O)c3ccc(Cl)cc3CC(=O)[C@H]2Cc2cccnc2)cc1.O=C(O)c1ccc(CN2C(=O)c3ccc(Cl)cc3CC(=O)[C@H]2Cc2cccnc2)cc1. The Bertz CT molecular complexity index is 3260. The number of carbonyl (C=O) groups is 6. The van der Waals surface area contributed by atoms with Crippen LogP contribution in [0.4, 0.5) is 0 Å². The summed E-state index contributed by atoms with van der Waals surface area (Å²) in [6, 6.07) is 35.9. The Balaban J connectivity index is 0.000000239. The molecule has 2 aromatic heterocycles. The van der Waals surface area contributed by atoms with Gasteiger partial charge in [-0.1, -0.05) is 92.7 Å². The van der Waals surface area contributed by atoms with Crippen molar-refractivity contribution in [2.75, 3.05) is 0 Å². The topological polar surface area (TPSA) is 201 Å². The lowest BCUT2D eigenvalue weighted by Crippen LogP contribution is -2.44. The van der Waals surface area contributed by atoms with Gasteiger partial charge in [-0.05, 0) is 118 Å². The lowest BCUT2D eigenvalue weighted by molar-refractivity contribution is -0.123. The van der Waals surface area contributed by atoms with Gasteiger partial charge >= 0.3 is 5.97 Å². The molecule has 2 atom stereocenters. The number of nitrogens with zero attached hydrogens (tertiary/aromatic N) is 4. The van der Waals surface area contributed by atoms with Crippen LogP contribution in [0.3, 0.4) is 0 Å². The third-order valence-corrected chi connectivity index (χ3v) is 13.9. The lowest BCUT2D eigenvalue weighted by Gasteiger charge is -2.29. The zero-order valence-electron chi connectivity index (χ0n) is 37.7. The van der Waals surface area contributed by atoms with E-state index in [0.29, 0.717) is 44.3 Å². The van der Waals surface area contributed by atoms with Crippen LogP contribution in [0.5, 0.6) is 0 Å². The van der Waals surface area contributed by atoms with E-state index in [2.05, 4.69) is 14.7 Å². The number of nitrogens with one attached hydrogen (secondary N) is 1. The molecule has 0 aliphatic carbocycles. The highest BCUT2D eigenvalue weighted by Crippen LogP contribution is 2.29. The quantitative estimate of drug-likeness (QED) is 0.118. The largest absolute Gasteiger partial charge is 0.478 e. The summed E-state index contributed by atoms with van der Waals surface area (Å²) in [6.07, 6.45) is 7.46. The molecule has 2 aliphatic rings. The second-order valence-electron chi connectivity index (χ2n) is 16.9. The van der Waals surface area contributed by atoms with Crippen molar-refractivity contribution in [3.63, 3.8) is 0 Å². The molecule has 0 fully saturated rings. The summed E-state index contributed by atoms with van der Waals surface area (Å²) in [5.74, 6) is -2.57. The van der Waals surface area contributed by atoms with Crippen LogP contribution >= 0.6 is 23.2 Å². The Hall–Kier alpha value is -7.85. The summed E-state index contributed by atoms with van der Waals surface area (Å²) in [5, 5.41) is 10.0. The molecular weight excluding hydrogens is 990 g/mol. The molecular formula is C56H51Cl2N5O9S. The molecule has 0 unspecified atom stereocenters. The number of rotatable bonds is 12. The number of ketones is 2. The number of hydrogen-bond acceptors (Lipinski definition) is 10. The van der Waals surface area contributed by atoms with Crippen LogP contribution in [0.15, 0.2) is 169 Å². The van der Waals surface area contributed by atoms with Crippen molar-refractivity contribution in [1.29, 1.82) is 0 Å². The van der Waals surface area contributed by atoms with E-state index in [9.17, 15) is 37.2 Å². The van der Waals surface area contributed by atoms with Crippen molar-refractivity contribution in [3.8, 4) is 0 Å². The molecule has 0 saturated carbocycles. The number of fused-ring (bicyclic) bond motifs is 2. The van der Waals surface area contributed by atoms with Gasteiger partial charge in [0.25, 0.3) is 27.7 Å². The lowest BCUT2D eigenvalue weighted by atomic mass is 9.98. The van der Waals surface area contributed by atoms with E-state index in [1.54, 1.807) is 121 Å². The molecule has 0 saturated heterocycles. The number of aromatic carboxylic acids is 1. The van der Waals surface area contributed by atoms with Gasteiger partial charge in [0.1, 0.15) is 0 Å². The van der Waals surface area contributed by atoms with Crippen molar-refractivity contribution < 1.29 is 42.3 Å². The van der Waals surface area contributed by atoms with E-state index in [1.165, 1.54) is 41.3 Å². The van der Waals surface area contributed by atoms with Crippen LogP contribution in [0.2, 0.25) is 10.0 Å². The number of pyridine rings is 2. The first-order valence-electron chi connectivity index (χ1n) is 22.2. The molecule has 9 rings (SSSR count). The van der Waals surface area contributed by atoms with E-state index < -0.39 is 34.0 Å². The maximum Gasteiger partial charge on any atom is 0.335 e. The minimum absolute atomic E-state index is 0. The minimum Gasteiger partial charge on any atom is -0.478 e. The van der Waals surface area contributed by atoms with Gasteiger partial charge in [0.15, 0.2) is 11.6 Å². The van der Waals surface area contributed by atoms with E-state index in [0.717, 1.165) is 16.7 Å². The van der Waals surface area contributed by atoms with E-state index >= 15 is 0 Å². The van der Waals surface area contributed by atoms with Crippen LogP contribution in [0.1, 0.15) is 89.7 Å². The van der Waals surface area contributed by atoms with Gasteiger partial charge in [-0.2, -0.15) is 0 Å². The third-order valence-electron chi connectivity index (χ3n) is 12.0. The van der Waals surface area contributed by atoms with Crippen LogP contribution in [0.25, 0.3) is 0 Å². The van der Waals surface area contributed by atoms with Gasteiger partial charge in [0, 0.05) is 90.3 Å². The molecule has 2 N–H and O–H groups in total. The van der Waals surface area contributed by atoms with Gasteiger partial charge < -0.3 is 14.9 Å². The van der Waals surface area contributed by atoms with E-state index in [-0.39, 0.29) is 86.6 Å². The Labute approximate surface area is 433 Å². The number of benzene rings is 5. The van der Waals surface area contributed by atoms with Gasteiger partial charge in [0.05, 0.1) is 22.5 Å². The standard InChI is InChI=1S/C30H24ClN3O5S.C24H19ClN2O4.2CH4/c31-24-12-13-26-23(16-24)17-28(35)27(15-21-5-4-14-32-18-21)34(30(26)37)19-20-8-10-22(11-9-20)29(36)33-40(38,39)25-6-2-1-3-7-25;25-19-7-8-20-18(11-19)12-22(28)21(10-16-2-1-9-26-13-16)27(23(20)29)14-15-3-5-17(6-4-15)24(30)31;;/h1-14,16,18,27H,15,17,19H2,(H,33,36);1-9,11,13,21H,10,12,14H2,(H,30,31);2*1H4/t27-;21-;;/m11../s1. The van der Waals surface area contributed by atoms with Crippen LogP contribution < -0.4 is 4.72 Å². The van der Waals surface area contributed by atoms with Crippen LogP contribution in [0, 0.1) is 0 Å². The molecule has 0 radical (unpaired) electrons. The van der Waals surface area contributed by atoms with Crippen molar-refractivity contribution in [2.24, 2.45) is 0 Å². The smallest absolute Gasteiger partial charge is 0.335 e. The molecule has 14 nitrogen and oxygen atoms in total. The summed E-state index contributed by atoms with van der Waals surface area (Å²) in [4.78, 5) is 89.1. The van der Waals surface area contributed by atoms with Gasteiger partial charge in [-0.3, -0.25) is 33.9 Å². The first-order chi connectivity index (χ1) is 34.1. The number of amides is 3. The maximum absolute atomic E-state index is 13.7. The summed E-state index contributed by atoms with van der Waals surface area (Å²) >= 11 is 12.3. The highest BCUT2D eigenvalue weighted by molar-refractivity contribution is 7.90. The molecule has 0 spiro atoms. The Morgan fingerprint density at radius 3 is 1.42 bits per heavy atom. The fraction of sp³-hybridized carbons (Fsp3) is 0.179.